The van der Waals surface area contributed by atoms with Gasteiger partial charge >= 0.3 is 0 Å². The van der Waals surface area contributed by atoms with Gasteiger partial charge < -0.3 is 19.3 Å². The minimum absolute atomic E-state index is 0.102. The SMILES string of the molecule is COC[C@H]1[C@H]2[C@H](C[C@H]3[C@@H]4CC(O)C5CCCC[C@]5(C)[C@H]4CC[C@]23C)O[C@]12CCC(C)CO2. The van der Waals surface area contributed by atoms with Crippen molar-refractivity contribution in [1.82, 2.24) is 0 Å². The van der Waals surface area contributed by atoms with Crippen LogP contribution in [-0.4, -0.2) is 43.4 Å². The number of methoxy groups -OCH3 is 1. The van der Waals surface area contributed by atoms with E-state index in [0.717, 1.165) is 38.4 Å². The first-order valence-corrected chi connectivity index (χ1v) is 13.8. The lowest BCUT2D eigenvalue weighted by Crippen LogP contribution is -2.58. The van der Waals surface area contributed by atoms with Crippen molar-refractivity contribution in [2.45, 2.75) is 103 Å². The molecule has 2 aliphatic heterocycles. The average molecular weight is 447 g/mol. The molecule has 0 radical (unpaired) electrons. The molecule has 1 N–H and O–H groups in total. The summed E-state index contributed by atoms with van der Waals surface area (Å²) in [5, 5.41) is 11.3. The van der Waals surface area contributed by atoms with E-state index in [4.69, 9.17) is 14.2 Å². The van der Waals surface area contributed by atoms with Crippen LogP contribution >= 0.6 is 0 Å². The Balaban J connectivity index is 1.31. The number of hydrogen-bond acceptors (Lipinski definition) is 4. The smallest absolute Gasteiger partial charge is 0.174 e. The summed E-state index contributed by atoms with van der Waals surface area (Å²) < 4.78 is 19.3. The molecule has 0 bridgehead atoms. The van der Waals surface area contributed by atoms with Crippen molar-refractivity contribution in [2.75, 3.05) is 20.3 Å². The summed E-state index contributed by atoms with van der Waals surface area (Å²) in [5.74, 6) is 3.71. The molecular weight excluding hydrogens is 400 g/mol. The Morgan fingerprint density at radius 2 is 1.78 bits per heavy atom. The van der Waals surface area contributed by atoms with E-state index in [-0.39, 0.29) is 11.5 Å². The molecule has 0 amide bonds. The van der Waals surface area contributed by atoms with Gasteiger partial charge in [-0.2, -0.15) is 0 Å². The van der Waals surface area contributed by atoms with Gasteiger partial charge in [0.25, 0.3) is 0 Å². The number of rotatable bonds is 2. The molecule has 4 aliphatic carbocycles. The minimum Gasteiger partial charge on any atom is -0.393 e. The third kappa shape index (κ3) is 2.94. The highest BCUT2D eigenvalue weighted by Crippen LogP contribution is 2.71. The summed E-state index contributed by atoms with van der Waals surface area (Å²) in [7, 11) is 1.85. The number of aliphatic hydroxyl groups is 1. The second-order valence-electron chi connectivity index (χ2n) is 13.3. The van der Waals surface area contributed by atoms with Crippen molar-refractivity contribution in [3.63, 3.8) is 0 Å². The molecule has 2 saturated heterocycles. The van der Waals surface area contributed by atoms with Crippen LogP contribution in [0.2, 0.25) is 0 Å². The average Bonchev–Trinajstić information content (AvgIpc) is 3.22. The van der Waals surface area contributed by atoms with E-state index in [1.807, 2.05) is 7.11 Å². The molecule has 4 saturated carbocycles. The van der Waals surface area contributed by atoms with Crippen LogP contribution < -0.4 is 0 Å². The van der Waals surface area contributed by atoms with Crippen LogP contribution in [0.4, 0.5) is 0 Å². The molecule has 6 fully saturated rings. The lowest BCUT2D eigenvalue weighted by Gasteiger charge is -2.62. The van der Waals surface area contributed by atoms with E-state index in [0.29, 0.717) is 47.0 Å². The van der Waals surface area contributed by atoms with E-state index in [1.165, 1.54) is 44.9 Å². The number of ether oxygens (including phenoxy) is 3. The topological polar surface area (TPSA) is 47.9 Å². The van der Waals surface area contributed by atoms with Crippen LogP contribution in [0.25, 0.3) is 0 Å². The maximum Gasteiger partial charge on any atom is 0.174 e. The number of aliphatic hydroxyl groups excluding tert-OH is 1. The van der Waals surface area contributed by atoms with Crippen molar-refractivity contribution >= 4 is 0 Å². The van der Waals surface area contributed by atoms with E-state index >= 15 is 0 Å². The summed E-state index contributed by atoms with van der Waals surface area (Å²) in [4.78, 5) is 0. The van der Waals surface area contributed by atoms with Crippen molar-refractivity contribution in [2.24, 2.45) is 52.3 Å². The Labute approximate surface area is 195 Å². The summed E-state index contributed by atoms with van der Waals surface area (Å²) in [6.07, 6.45) is 12.5. The Morgan fingerprint density at radius 1 is 0.938 bits per heavy atom. The van der Waals surface area contributed by atoms with Gasteiger partial charge in [0, 0.05) is 25.4 Å². The molecule has 6 aliphatic rings. The van der Waals surface area contributed by atoms with Crippen LogP contribution in [0.1, 0.15) is 85.0 Å². The van der Waals surface area contributed by atoms with Crippen LogP contribution in [0.3, 0.4) is 0 Å². The summed E-state index contributed by atoms with van der Waals surface area (Å²) in [6, 6.07) is 0. The largest absolute Gasteiger partial charge is 0.393 e. The van der Waals surface area contributed by atoms with Gasteiger partial charge in [0.1, 0.15) is 0 Å². The minimum atomic E-state index is -0.421. The first kappa shape index (κ1) is 22.3. The molecule has 2 heterocycles. The lowest BCUT2D eigenvalue weighted by atomic mass is 9.44. The van der Waals surface area contributed by atoms with Gasteiger partial charge in [0.2, 0.25) is 0 Å². The van der Waals surface area contributed by atoms with Gasteiger partial charge in [0.05, 0.1) is 25.4 Å². The molecule has 0 aromatic rings. The van der Waals surface area contributed by atoms with Gasteiger partial charge in [-0.1, -0.05) is 33.6 Å². The maximum absolute atomic E-state index is 11.3. The van der Waals surface area contributed by atoms with Gasteiger partial charge in [-0.3, -0.25) is 0 Å². The molecule has 182 valence electrons. The second kappa shape index (κ2) is 7.67. The van der Waals surface area contributed by atoms with Crippen molar-refractivity contribution in [3.05, 3.63) is 0 Å². The Bertz CT molecular complexity index is 716. The van der Waals surface area contributed by atoms with Crippen molar-refractivity contribution in [3.8, 4) is 0 Å². The van der Waals surface area contributed by atoms with E-state index < -0.39 is 5.79 Å². The fourth-order valence-corrected chi connectivity index (χ4v) is 10.5. The highest BCUT2D eigenvalue weighted by molar-refractivity contribution is 5.16. The monoisotopic (exact) mass is 446 g/mol. The first-order chi connectivity index (χ1) is 15.3. The molecule has 1 spiro atoms. The Morgan fingerprint density at radius 3 is 2.53 bits per heavy atom. The highest BCUT2D eigenvalue weighted by Gasteiger charge is 2.70. The van der Waals surface area contributed by atoms with Gasteiger partial charge in [-0.05, 0) is 85.4 Å². The third-order valence-electron chi connectivity index (χ3n) is 12.0. The van der Waals surface area contributed by atoms with Gasteiger partial charge in [-0.15, -0.1) is 0 Å². The fourth-order valence-electron chi connectivity index (χ4n) is 10.5. The maximum atomic E-state index is 11.3. The molecule has 0 aromatic heterocycles. The third-order valence-corrected chi connectivity index (χ3v) is 12.0. The molecule has 3 unspecified atom stereocenters. The zero-order chi connectivity index (χ0) is 22.3. The summed E-state index contributed by atoms with van der Waals surface area (Å²) in [6.45, 7) is 8.98. The molecule has 4 heteroatoms. The molecule has 6 rings (SSSR count). The number of hydrogen-bond donors (Lipinski definition) is 1. The first-order valence-electron chi connectivity index (χ1n) is 13.8. The standard InChI is InChI=1S/C28H46O4/c1-17-8-12-28(31-15-17)22(16-30-4)25-24(32-28)14-21-18-13-23(29)20-7-5-6-10-26(20,2)19(18)9-11-27(21,25)3/h17-25,29H,5-16H2,1-4H3/t17?,18-,19+,20?,21+,22+,23?,24+,25+,26-,27+,28-/m1/s1. The normalized spacial score (nSPS) is 59.3. The highest BCUT2D eigenvalue weighted by atomic mass is 16.7. The predicted molar refractivity (Wildman–Crippen MR) is 124 cm³/mol. The summed E-state index contributed by atoms with van der Waals surface area (Å²) in [5.41, 5.74) is 0.624. The van der Waals surface area contributed by atoms with E-state index in [9.17, 15) is 5.11 Å². The molecule has 4 nitrogen and oxygen atoms in total. The quantitative estimate of drug-likeness (QED) is 0.615. The molecule has 12 atom stereocenters. The number of fused-ring (bicyclic) bond motifs is 7. The second-order valence-corrected chi connectivity index (χ2v) is 13.3. The fraction of sp³-hybridized carbons (Fsp3) is 1.00. The molecule has 32 heavy (non-hydrogen) atoms. The lowest BCUT2D eigenvalue weighted by molar-refractivity contribution is -0.280. The van der Waals surface area contributed by atoms with Crippen LogP contribution in [0.5, 0.6) is 0 Å². The predicted octanol–water partition coefficient (Wildman–Crippen LogP) is 5.42. The van der Waals surface area contributed by atoms with Crippen molar-refractivity contribution in [1.29, 1.82) is 0 Å². The van der Waals surface area contributed by atoms with E-state index in [1.54, 1.807) is 0 Å². The molecule has 0 aromatic carbocycles. The Hall–Kier alpha value is -0.160. The van der Waals surface area contributed by atoms with Crippen molar-refractivity contribution < 1.29 is 19.3 Å². The van der Waals surface area contributed by atoms with E-state index in [2.05, 4.69) is 20.8 Å². The zero-order valence-corrected chi connectivity index (χ0v) is 20.9. The Kier molecular flexibility index (Phi) is 5.35. The zero-order valence-electron chi connectivity index (χ0n) is 20.9. The van der Waals surface area contributed by atoms with Crippen LogP contribution in [0, 0.1) is 52.3 Å². The summed E-state index contributed by atoms with van der Waals surface area (Å²) >= 11 is 0. The van der Waals surface area contributed by atoms with Crippen LogP contribution in [0.15, 0.2) is 0 Å². The molecular formula is C28H46O4. The van der Waals surface area contributed by atoms with Gasteiger partial charge in [-0.25, -0.2) is 0 Å². The van der Waals surface area contributed by atoms with Crippen LogP contribution in [-0.2, 0) is 14.2 Å². The van der Waals surface area contributed by atoms with Gasteiger partial charge in [0.15, 0.2) is 5.79 Å².